The number of nitrogens with one attached hydrogen (secondary N) is 1. The number of hydrogen-bond donors (Lipinski definition) is 1. The van der Waals surface area contributed by atoms with Gasteiger partial charge in [-0.3, -0.25) is 4.79 Å². The molecule has 1 aromatic carbocycles. The molecule has 0 spiro atoms. The van der Waals surface area contributed by atoms with E-state index in [0.717, 1.165) is 36.5 Å². The Balaban J connectivity index is 2.30. The first-order chi connectivity index (χ1) is 8.99. The van der Waals surface area contributed by atoms with Crippen LogP contribution in [0.25, 0.3) is 0 Å². The molecule has 106 valence electrons. The largest absolute Gasteiger partial charge is 0.356 e. The second-order valence-corrected chi connectivity index (χ2v) is 5.62. The predicted octanol–water partition coefficient (Wildman–Crippen LogP) is 2.59. The van der Waals surface area contributed by atoms with Gasteiger partial charge in [0, 0.05) is 17.5 Å². The van der Waals surface area contributed by atoms with E-state index in [1.807, 2.05) is 45.3 Å². The Morgan fingerprint density at radius 3 is 2.53 bits per heavy atom. The second kappa shape index (κ2) is 8.18. The lowest BCUT2D eigenvalue weighted by Crippen LogP contribution is -2.32. The van der Waals surface area contributed by atoms with Gasteiger partial charge in [-0.2, -0.15) is 0 Å². The molecule has 0 radical (unpaired) electrons. The highest BCUT2D eigenvalue weighted by Crippen LogP contribution is 2.13. The summed E-state index contributed by atoms with van der Waals surface area (Å²) in [6.07, 6.45) is 1.73. The van der Waals surface area contributed by atoms with E-state index in [1.54, 1.807) is 0 Å². The fourth-order valence-electron chi connectivity index (χ4n) is 1.85. The first kappa shape index (κ1) is 16.0. The lowest BCUT2D eigenvalue weighted by atomic mass is 10.0. The summed E-state index contributed by atoms with van der Waals surface area (Å²) in [5, 5.41) is 3.70. The highest BCUT2D eigenvalue weighted by atomic mass is 35.5. The summed E-state index contributed by atoms with van der Waals surface area (Å²) in [6.45, 7) is 3.68. The Bertz CT molecular complexity index is 390. The number of hydrogen-bond acceptors (Lipinski definition) is 2. The summed E-state index contributed by atoms with van der Waals surface area (Å²) in [4.78, 5) is 14.0. The van der Waals surface area contributed by atoms with Crippen LogP contribution in [0.3, 0.4) is 0 Å². The van der Waals surface area contributed by atoms with Crippen LogP contribution in [0, 0.1) is 5.92 Å². The molecule has 0 aromatic heterocycles. The molecule has 0 bridgehead atoms. The molecule has 1 unspecified atom stereocenters. The molecule has 1 N–H and O–H groups in total. The molecule has 0 aliphatic carbocycles. The SMILES string of the molecule is CC(Cc1ccc(Cl)cc1)C(=O)NCCCN(C)C. The summed E-state index contributed by atoms with van der Waals surface area (Å²) in [6, 6.07) is 7.66. The third-order valence-corrected chi connectivity index (χ3v) is 3.24. The van der Waals surface area contributed by atoms with Gasteiger partial charge in [-0.05, 0) is 51.2 Å². The Morgan fingerprint density at radius 1 is 1.32 bits per heavy atom. The standard InChI is InChI=1S/C15H23ClN2O/c1-12(11-13-5-7-14(16)8-6-13)15(19)17-9-4-10-18(2)3/h5-8,12H,4,9-11H2,1-3H3,(H,17,19). The van der Waals surface area contributed by atoms with Crippen molar-refractivity contribution in [2.24, 2.45) is 5.92 Å². The topological polar surface area (TPSA) is 32.3 Å². The zero-order valence-electron chi connectivity index (χ0n) is 11.9. The molecule has 4 heteroatoms. The van der Waals surface area contributed by atoms with Crippen molar-refractivity contribution in [2.45, 2.75) is 19.8 Å². The fraction of sp³-hybridized carbons (Fsp3) is 0.533. The molecular weight excluding hydrogens is 260 g/mol. The van der Waals surface area contributed by atoms with E-state index in [1.165, 1.54) is 0 Å². The van der Waals surface area contributed by atoms with Crippen LogP contribution >= 0.6 is 11.6 Å². The molecule has 0 saturated heterocycles. The Hall–Kier alpha value is -1.06. The molecule has 1 amide bonds. The first-order valence-corrected chi connectivity index (χ1v) is 7.03. The molecule has 0 fully saturated rings. The van der Waals surface area contributed by atoms with Crippen molar-refractivity contribution in [1.29, 1.82) is 0 Å². The maximum atomic E-state index is 11.9. The lowest BCUT2D eigenvalue weighted by Gasteiger charge is -2.13. The normalized spacial score (nSPS) is 12.5. The molecule has 0 aliphatic heterocycles. The third kappa shape index (κ3) is 6.60. The maximum absolute atomic E-state index is 11.9. The van der Waals surface area contributed by atoms with Crippen LogP contribution in [0.4, 0.5) is 0 Å². The Morgan fingerprint density at radius 2 is 1.95 bits per heavy atom. The number of nitrogens with zero attached hydrogens (tertiary/aromatic N) is 1. The molecule has 3 nitrogen and oxygen atoms in total. The molecule has 0 heterocycles. The van der Waals surface area contributed by atoms with Crippen LogP contribution in [0.15, 0.2) is 24.3 Å². The molecule has 1 aromatic rings. The summed E-state index contributed by atoms with van der Waals surface area (Å²) < 4.78 is 0. The van der Waals surface area contributed by atoms with E-state index in [9.17, 15) is 4.79 Å². The van der Waals surface area contributed by atoms with Crippen LogP contribution in [0.1, 0.15) is 18.9 Å². The molecule has 0 aliphatic rings. The maximum Gasteiger partial charge on any atom is 0.223 e. The van der Waals surface area contributed by atoms with Gasteiger partial charge in [-0.15, -0.1) is 0 Å². The van der Waals surface area contributed by atoms with Gasteiger partial charge in [0.25, 0.3) is 0 Å². The number of carbonyl (C=O) groups is 1. The minimum Gasteiger partial charge on any atom is -0.356 e. The van der Waals surface area contributed by atoms with E-state index >= 15 is 0 Å². The summed E-state index contributed by atoms with van der Waals surface area (Å²) in [5.41, 5.74) is 1.14. The van der Waals surface area contributed by atoms with E-state index in [0.29, 0.717) is 0 Å². The summed E-state index contributed by atoms with van der Waals surface area (Å²) in [7, 11) is 4.07. The average molecular weight is 283 g/mol. The smallest absolute Gasteiger partial charge is 0.223 e. The number of benzene rings is 1. The van der Waals surface area contributed by atoms with Crippen molar-refractivity contribution >= 4 is 17.5 Å². The minimum absolute atomic E-state index is 0.0134. The number of halogens is 1. The fourth-order valence-corrected chi connectivity index (χ4v) is 1.97. The summed E-state index contributed by atoms with van der Waals surface area (Å²) in [5.74, 6) is 0.106. The van der Waals surface area contributed by atoms with Gasteiger partial charge in [-0.25, -0.2) is 0 Å². The highest BCUT2D eigenvalue weighted by Gasteiger charge is 2.12. The van der Waals surface area contributed by atoms with Crippen LogP contribution in [-0.2, 0) is 11.2 Å². The monoisotopic (exact) mass is 282 g/mol. The van der Waals surface area contributed by atoms with Crippen LogP contribution < -0.4 is 5.32 Å². The quantitative estimate of drug-likeness (QED) is 0.780. The summed E-state index contributed by atoms with van der Waals surface area (Å²) >= 11 is 5.84. The Kier molecular flexibility index (Phi) is 6.89. The van der Waals surface area contributed by atoms with Crippen molar-refractivity contribution in [2.75, 3.05) is 27.2 Å². The van der Waals surface area contributed by atoms with Crippen molar-refractivity contribution in [3.63, 3.8) is 0 Å². The van der Waals surface area contributed by atoms with Gasteiger partial charge in [0.1, 0.15) is 0 Å². The lowest BCUT2D eigenvalue weighted by molar-refractivity contribution is -0.124. The van der Waals surface area contributed by atoms with Gasteiger partial charge < -0.3 is 10.2 Å². The number of rotatable bonds is 7. The third-order valence-electron chi connectivity index (χ3n) is 2.98. The van der Waals surface area contributed by atoms with Crippen LogP contribution in [0.5, 0.6) is 0 Å². The molecule has 1 atom stereocenters. The second-order valence-electron chi connectivity index (χ2n) is 5.18. The van der Waals surface area contributed by atoms with Crippen LogP contribution in [-0.4, -0.2) is 38.0 Å². The average Bonchev–Trinajstić information content (AvgIpc) is 2.36. The van der Waals surface area contributed by atoms with Crippen molar-refractivity contribution < 1.29 is 4.79 Å². The van der Waals surface area contributed by atoms with E-state index in [4.69, 9.17) is 11.6 Å². The van der Waals surface area contributed by atoms with Gasteiger partial charge in [0.15, 0.2) is 0 Å². The molecule has 19 heavy (non-hydrogen) atoms. The Labute approximate surface area is 120 Å². The zero-order chi connectivity index (χ0) is 14.3. The van der Waals surface area contributed by atoms with Gasteiger partial charge in [0.05, 0.1) is 0 Å². The molecule has 1 rings (SSSR count). The molecule has 0 saturated carbocycles. The minimum atomic E-state index is -0.0134. The first-order valence-electron chi connectivity index (χ1n) is 6.66. The van der Waals surface area contributed by atoms with Gasteiger partial charge in [-0.1, -0.05) is 30.7 Å². The van der Waals surface area contributed by atoms with E-state index in [-0.39, 0.29) is 11.8 Å². The molecular formula is C15H23ClN2O. The van der Waals surface area contributed by atoms with Crippen molar-refractivity contribution in [3.8, 4) is 0 Å². The van der Waals surface area contributed by atoms with E-state index in [2.05, 4.69) is 10.2 Å². The predicted molar refractivity (Wildman–Crippen MR) is 80.5 cm³/mol. The van der Waals surface area contributed by atoms with E-state index < -0.39 is 0 Å². The van der Waals surface area contributed by atoms with Crippen molar-refractivity contribution in [1.82, 2.24) is 10.2 Å². The van der Waals surface area contributed by atoms with Gasteiger partial charge in [0.2, 0.25) is 5.91 Å². The number of carbonyl (C=O) groups excluding carboxylic acids is 1. The zero-order valence-corrected chi connectivity index (χ0v) is 12.7. The van der Waals surface area contributed by atoms with Crippen LogP contribution in [0.2, 0.25) is 5.02 Å². The van der Waals surface area contributed by atoms with Crippen molar-refractivity contribution in [3.05, 3.63) is 34.9 Å². The number of amides is 1. The highest BCUT2D eigenvalue weighted by molar-refractivity contribution is 6.30. The van der Waals surface area contributed by atoms with Gasteiger partial charge >= 0.3 is 0 Å².